The highest BCUT2D eigenvalue weighted by Crippen LogP contribution is 2.49. The summed E-state index contributed by atoms with van der Waals surface area (Å²) in [6, 6.07) is 11.2. The minimum Gasteiger partial charge on any atom is -0.490 e. The van der Waals surface area contributed by atoms with Gasteiger partial charge in [-0.25, -0.2) is 21.9 Å². The van der Waals surface area contributed by atoms with Crippen LogP contribution in [0, 0.1) is 17.8 Å². The molecule has 2 aliphatic carbocycles. The Morgan fingerprint density at radius 1 is 1.04 bits per heavy atom. The molecule has 0 radical (unpaired) electrons. The molecule has 1 amide bonds. The molecule has 2 fully saturated rings. The number of alkyl halides is 2. The number of carbonyl (C=O) groups is 1. The van der Waals surface area contributed by atoms with Crippen LogP contribution in [-0.4, -0.2) is 80.4 Å². The number of likely N-dealkylation sites (tertiary alicyclic amines) is 1. The molecule has 3 heterocycles. The quantitative estimate of drug-likeness (QED) is 0.408. The van der Waals surface area contributed by atoms with E-state index in [4.69, 9.17) is 16.3 Å². The number of β-amino-alcohol motifs (C(OH)–C–C–N with tert-alkyl or cyclic N) is 1. The molecule has 1 saturated heterocycles. The van der Waals surface area contributed by atoms with Crippen LogP contribution in [0.15, 0.2) is 36.4 Å². The van der Waals surface area contributed by atoms with E-state index in [1.165, 1.54) is 11.1 Å². The zero-order chi connectivity index (χ0) is 34.1. The topological polar surface area (TPSA) is 99.2 Å². The van der Waals surface area contributed by atoms with Crippen molar-refractivity contribution in [1.29, 1.82) is 0 Å². The van der Waals surface area contributed by atoms with Crippen molar-refractivity contribution in [3.63, 3.8) is 0 Å². The van der Waals surface area contributed by atoms with Gasteiger partial charge in [-0.1, -0.05) is 31.0 Å². The first-order chi connectivity index (χ1) is 22.7. The van der Waals surface area contributed by atoms with Crippen LogP contribution in [0.5, 0.6) is 5.75 Å². The Labute approximate surface area is 287 Å². The summed E-state index contributed by atoms with van der Waals surface area (Å²) in [7, 11) is -4.01. The minimum atomic E-state index is -4.01. The Hall–Kier alpha value is -2.47. The van der Waals surface area contributed by atoms with Gasteiger partial charge in [0.1, 0.15) is 5.75 Å². The molecule has 3 aliphatic heterocycles. The number of nitrogens with one attached hydrogen (secondary N) is 1. The van der Waals surface area contributed by atoms with Crippen LogP contribution in [0.25, 0.3) is 0 Å². The highest BCUT2D eigenvalue weighted by atomic mass is 35.5. The number of benzene rings is 2. The van der Waals surface area contributed by atoms with E-state index in [9.17, 15) is 27.1 Å². The minimum absolute atomic E-state index is 0.0928. The second kappa shape index (κ2) is 12.4. The average molecular weight is 706 g/mol. The summed E-state index contributed by atoms with van der Waals surface area (Å²) >= 11 is 6.42. The molecule has 6 atom stereocenters. The Balaban J connectivity index is 1.28. The molecule has 1 saturated carbocycles. The number of carbonyl (C=O) groups excluding carboxylic acids is 1. The van der Waals surface area contributed by atoms with Gasteiger partial charge < -0.3 is 14.7 Å². The van der Waals surface area contributed by atoms with Gasteiger partial charge in [0.15, 0.2) is 0 Å². The fourth-order valence-corrected chi connectivity index (χ4v) is 10.6. The molecule has 8 nitrogen and oxygen atoms in total. The van der Waals surface area contributed by atoms with Crippen molar-refractivity contribution in [2.24, 2.45) is 17.8 Å². The maximum atomic E-state index is 13.9. The number of aryl methyl sites for hydroxylation is 1. The van der Waals surface area contributed by atoms with Crippen molar-refractivity contribution in [3.8, 4) is 5.75 Å². The lowest BCUT2D eigenvalue weighted by Gasteiger charge is -2.53. The molecule has 2 aromatic rings. The molecule has 262 valence electrons. The summed E-state index contributed by atoms with van der Waals surface area (Å²) in [6.07, 6.45) is 5.92. The Morgan fingerprint density at radius 3 is 2.56 bits per heavy atom. The normalized spacial score (nSPS) is 34.8. The number of nitrogens with zero attached hydrogens (tertiary/aromatic N) is 2. The number of ether oxygens (including phenoxy) is 1. The van der Waals surface area contributed by atoms with E-state index in [1.54, 1.807) is 30.0 Å². The zero-order valence-electron chi connectivity index (χ0n) is 27.7. The van der Waals surface area contributed by atoms with Crippen LogP contribution in [0.1, 0.15) is 80.3 Å². The summed E-state index contributed by atoms with van der Waals surface area (Å²) in [6.45, 7) is 4.51. The largest absolute Gasteiger partial charge is 0.490 e. The number of rotatable bonds is 2. The lowest BCUT2D eigenvalue weighted by molar-refractivity contribution is -0.173. The molecule has 5 aliphatic rings. The van der Waals surface area contributed by atoms with Crippen LogP contribution in [0.4, 0.5) is 14.5 Å². The number of anilines is 1. The van der Waals surface area contributed by atoms with E-state index in [1.807, 2.05) is 19.1 Å². The summed E-state index contributed by atoms with van der Waals surface area (Å²) < 4.78 is 63.5. The molecular formula is C36H46ClF2N3O5S. The van der Waals surface area contributed by atoms with Crippen LogP contribution < -0.4 is 14.4 Å². The monoisotopic (exact) mass is 705 g/mol. The third-order valence-corrected chi connectivity index (χ3v) is 14.2. The van der Waals surface area contributed by atoms with E-state index in [2.05, 4.69) is 15.7 Å². The van der Waals surface area contributed by atoms with E-state index in [0.717, 1.165) is 32.1 Å². The van der Waals surface area contributed by atoms with E-state index in [0.29, 0.717) is 55.4 Å². The number of sulfonamides is 1. The first kappa shape index (κ1) is 34.0. The molecule has 0 aromatic heterocycles. The van der Waals surface area contributed by atoms with Gasteiger partial charge >= 0.3 is 0 Å². The molecule has 2 N–H and O–H groups in total. The van der Waals surface area contributed by atoms with Crippen molar-refractivity contribution in [3.05, 3.63) is 58.1 Å². The molecule has 2 aromatic carbocycles. The van der Waals surface area contributed by atoms with Crippen LogP contribution in [0.3, 0.4) is 0 Å². The highest BCUT2D eigenvalue weighted by molar-refractivity contribution is 7.90. The zero-order valence-corrected chi connectivity index (χ0v) is 29.3. The first-order valence-electron chi connectivity index (χ1n) is 17.4. The van der Waals surface area contributed by atoms with Crippen molar-refractivity contribution in [2.45, 2.75) is 87.4 Å². The number of halogens is 3. The summed E-state index contributed by atoms with van der Waals surface area (Å²) in [5.41, 5.74) is 1.80. The second-order valence-corrected chi connectivity index (χ2v) is 17.9. The number of hydrogen-bond acceptors (Lipinski definition) is 7. The molecule has 48 heavy (non-hydrogen) atoms. The predicted octanol–water partition coefficient (Wildman–Crippen LogP) is 5.79. The van der Waals surface area contributed by atoms with E-state index < -0.39 is 32.7 Å². The fraction of sp³-hybridized carbons (Fsp3) is 0.639. The van der Waals surface area contributed by atoms with Gasteiger partial charge in [-0.3, -0.25) is 9.69 Å². The van der Waals surface area contributed by atoms with Crippen LogP contribution >= 0.6 is 11.6 Å². The standard InChI is InChI=1S/C36H46ClF2N3O5S/c1-23-5-3-14-35(44,19-41-20-36(38,39)21-41)30-10-7-27(30)17-42-18-34(13-4-6-25-15-28(37)9-11-29(25)34)22-47-32-12-8-26(16-31(32)42)33(43)40-48(45,46)24(23)2/h8-9,11-12,15-16,23-24,27,30,44H,3-7,10,13-14,17-22H2,1-2H3,(H,40,43)/t23-,24+,27-,30+,34-,35+/m0/s1. The number of fused-ring (bicyclic) bond motifs is 4. The molecular weight excluding hydrogens is 660 g/mol. The second-order valence-electron chi connectivity index (χ2n) is 15.4. The van der Waals surface area contributed by atoms with E-state index in [-0.39, 0.29) is 48.4 Å². The number of aliphatic hydroxyl groups is 1. The van der Waals surface area contributed by atoms with Gasteiger partial charge in [0.25, 0.3) is 11.8 Å². The van der Waals surface area contributed by atoms with E-state index >= 15 is 0 Å². The van der Waals surface area contributed by atoms with Crippen LogP contribution in [0.2, 0.25) is 5.02 Å². The lowest BCUT2D eigenvalue weighted by atomic mass is 9.62. The van der Waals surface area contributed by atoms with Crippen molar-refractivity contribution in [2.75, 3.05) is 44.2 Å². The van der Waals surface area contributed by atoms with Gasteiger partial charge in [0, 0.05) is 35.6 Å². The molecule has 0 unspecified atom stereocenters. The predicted molar refractivity (Wildman–Crippen MR) is 182 cm³/mol. The van der Waals surface area contributed by atoms with Crippen molar-refractivity contribution in [1.82, 2.24) is 9.62 Å². The lowest BCUT2D eigenvalue weighted by Crippen LogP contribution is -2.63. The maximum Gasteiger partial charge on any atom is 0.272 e. The summed E-state index contributed by atoms with van der Waals surface area (Å²) in [4.78, 5) is 17.4. The van der Waals surface area contributed by atoms with Crippen LogP contribution in [-0.2, 0) is 21.9 Å². The van der Waals surface area contributed by atoms with Crippen molar-refractivity contribution >= 4 is 33.2 Å². The first-order valence-corrected chi connectivity index (χ1v) is 19.3. The summed E-state index contributed by atoms with van der Waals surface area (Å²) in [5.74, 6) is -3.11. The van der Waals surface area contributed by atoms with Gasteiger partial charge in [0.05, 0.1) is 36.2 Å². The average Bonchev–Trinajstić information content (AvgIpc) is 3.14. The Kier molecular flexibility index (Phi) is 8.78. The number of amides is 1. The Bertz CT molecular complexity index is 1690. The molecule has 1 spiro atoms. The van der Waals surface area contributed by atoms with Gasteiger partial charge in [-0.05, 0) is 111 Å². The highest BCUT2D eigenvalue weighted by Gasteiger charge is 2.53. The SMILES string of the molecule is C[C@@H]1[C@@H](C)CCC[C@@](O)(CN2CC(F)(F)C2)[C@@H]2CC[C@H]2CN2C[C@@]3(CCCc4cc(Cl)ccc43)COc3ccc(cc32)C(=O)NS1(=O)=O. The van der Waals surface area contributed by atoms with Gasteiger partial charge in [-0.15, -0.1) is 0 Å². The fourth-order valence-electron chi connectivity index (χ4n) is 9.07. The summed E-state index contributed by atoms with van der Waals surface area (Å²) in [5, 5.41) is 12.2. The molecule has 2 bridgehead atoms. The van der Waals surface area contributed by atoms with Crippen molar-refractivity contribution < 1.29 is 31.8 Å². The number of hydrogen-bond donors (Lipinski definition) is 2. The maximum absolute atomic E-state index is 13.9. The third-order valence-electron chi connectivity index (χ3n) is 12.1. The molecule has 12 heteroatoms. The Morgan fingerprint density at radius 2 is 1.83 bits per heavy atom. The third kappa shape index (κ3) is 6.33. The molecule has 7 rings (SSSR count). The van der Waals surface area contributed by atoms with Gasteiger partial charge in [-0.2, -0.15) is 0 Å². The van der Waals surface area contributed by atoms with Gasteiger partial charge in [0.2, 0.25) is 10.0 Å². The smallest absolute Gasteiger partial charge is 0.272 e.